The van der Waals surface area contributed by atoms with Crippen LogP contribution in [-0.4, -0.2) is 30.6 Å². The first-order chi connectivity index (χ1) is 13.4. The second-order valence-electron chi connectivity index (χ2n) is 8.56. The number of H-pyrrole nitrogens is 1. The SMILES string of the molecule is C=CC1=C[C@H](n2cc(C)c(=O)[nH]c2=O)O[C@@H]1CO[Si](C)(C)C(C)(C)C(C)C.[C-]#[O+].[Fe+3]. The van der Waals surface area contributed by atoms with E-state index in [9.17, 15) is 9.59 Å². The van der Waals surface area contributed by atoms with Gasteiger partial charge in [0.1, 0.15) is 6.10 Å². The van der Waals surface area contributed by atoms with Crippen molar-refractivity contribution >= 4 is 8.32 Å². The van der Waals surface area contributed by atoms with Gasteiger partial charge < -0.3 is 9.16 Å². The third-order valence-corrected chi connectivity index (χ3v) is 10.8. The van der Waals surface area contributed by atoms with Crippen molar-refractivity contribution in [2.75, 3.05) is 6.61 Å². The summed E-state index contributed by atoms with van der Waals surface area (Å²) < 4.78 is 21.4. The van der Waals surface area contributed by atoms with E-state index in [1.54, 1.807) is 13.0 Å². The summed E-state index contributed by atoms with van der Waals surface area (Å²) in [6.45, 7) is 23.9. The van der Waals surface area contributed by atoms with Gasteiger partial charge in [-0.25, -0.2) is 4.79 Å². The van der Waals surface area contributed by atoms with Crippen LogP contribution in [0.5, 0.6) is 0 Å². The van der Waals surface area contributed by atoms with Gasteiger partial charge in [0.15, 0.2) is 14.5 Å². The molecule has 1 N–H and O–H groups in total. The van der Waals surface area contributed by atoms with Crippen molar-refractivity contribution in [3.8, 4) is 0 Å². The molecule has 1 aromatic rings. The van der Waals surface area contributed by atoms with Crippen molar-refractivity contribution in [3.63, 3.8) is 0 Å². The number of nitrogens with one attached hydrogen (secondary N) is 1. The summed E-state index contributed by atoms with van der Waals surface area (Å²) in [6, 6.07) is 0. The summed E-state index contributed by atoms with van der Waals surface area (Å²) in [7, 11) is -1.99. The Labute approximate surface area is 189 Å². The van der Waals surface area contributed by atoms with Gasteiger partial charge >= 0.3 is 34.1 Å². The summed E-state index contributed by atoms with van der Waals surface area (Å²) in [4.78, 5) is 26.1. The fourth-order valence-corrected chi connectivity index (χ4v) is 5.31. The number of rotatable bonds is 7. The van der Waals surface area contributed by atoms with Gasteiger partial charge in [-0.2, -0.15) is 0 Å². The molecule has 7 nitrogen and oxygen atoms in total. The van der Waals surface area contributed by atoms with E-state index in [0.717, 1.165) is 5.57 Å². The Balaban J connectivity index is 0.00000272. The standard InChI is InChI=1S/C20H32N2O4Si.CO.Fe/c1-9-15-10-17(22-11-14(4)18(23)21-19(22)24)26-16(15)12-25-27(7,8)20(5,6)13(2)3;1-2;/h9-11,13,16-17H,1,12H2,2-8H3,(H,21,23,24);;/q;;+3/t16-,17-;;/m1../s1. The van der Waals surface area contributed by atoms with Gasteiger partial charge in [0, 0.05) is 11.8 Å². The maximum atomic E-state index is 12.2. The Hall–Kier alpha value is -1.44. The van der Waals surface area contributed by atoms with Crippen molar-refractivity contribution in [3.05, 3.63) is 63.6 Å². The quantitative estimate of drug-likeness (QED) is 0.371. The molecular weight excluding hydrogens is 444 g/mol. The Morgan fingerprint density at radius 1 is 1.40 bits per heavy atom. The van der Waals surface area contributed by atoms with Crippen LogP contribution in [0.15, 0.2) is 40.1 Å². The average Bonchev–Trinajstić information content (AvgIpc) is 3.07. The first kappa shape index (κ1) is 28.6. The zero-order valence-corrected chi connectivity index (χ0v) is 20.8. The molecule has 9 heteroatoms. The molecule has 1 aromatic heterocycles. The number of hydrogen-bond donors (Lipinski definition) is 1. The van der Waals surface area contributed by atoms with Gasteiger partial charge in [-0.15, -0.1) is 0 Å². The summed E-state index contributed by atoms with van der Waals surface area (Å²) in [5.41, 5.74) is 0.472. The second kappa shape index (κ2) is 11.3. The van der Waals surface area contributed by atoms with Crippen LogP contribution >= 0.6 is 0 Å². The van der Waals surface area contributed by atoms with Crippen molar-refractivity contribution in [2.45, 2.75) is 65.1 Å². The van der Waals surface area contributed by atoms with E-state index in [-0.39, 0.29) is 33.8 Å². The molecule has 0 unspecified atom stereocenters. The number of hydrogen-bond acceptors (Lipinski definition) is 4. The third kappa shape index (κ3) is 6.05. The van der Waals surface area contributed by atoms with E-state index >= 15 is 0 Å². The molecule has 30 heavy (non-hydrogen) atoms. The monoisotopic (exact) mass is 476 g/mol. The first-order valence-corrected chi connectivity index (χ1v) is 12.5. The minimum absolute atomic E-state index is 0. The minimum Gasteiger partial charge on any atom is 3.00 e. The molecular formula is C21H32FeN2O5Si+3. The molecule has 2 atom stereocenters. The molecule has 1 aliphatic heterocycles. The van der Waals surface area contributed by atoms with Crippen LogP contribution < -0.4 is 11.2 Å². The second-order valence-corrected chi connectivity index (χ2v) is 13.2. The Morgan fingerprint density at radius 2 is 1.97 bits per heavy atom. The molecule has 0 bridgehead atoms. The van der Waals surface area contributed by atoms with Crippen LogP contribution in [-0.2, 0) is 30.9 Å². The van der Waals surface area contributed by atoms with Crippen LogP contribution in [0, 0.1) is 19.5 Å². The number of ether oxygens (including phenoxy) is 1. The number of aromatic nitrogens is 2. The first-order valence-electron chi connectivity index (χ1n) is 9.56. The average molecular weight is 476 g/mol. The Kier molecular flexibility index (Phi) is 10.7. The maximum absolute atomic E-state index is 12.2. The molecule has 0 spiro atoms. The summed E-state index contributed by atoms with van der Waals surface area (Å²) in [6.07, 6.45) is 4.23. The van der Waals surface area contributed by atoms with Crippen LogP contribution in [0.2, 0.25) is 18.1 Å². The number of aryl methyl sites for hydroxylation is 1. The van der Waals surface area contributed by atoms with E-state index in [1.807, 2.05) is 6.08 Å². The molecule has 0 aliphatic carbocycles. The van der Waals surface area contributed by atoms with E-state index in [2.05, 4.69) is 59.0 Å². The zero-order valence-electron chi connectivity index (χ0n) is 18.7. The van der Waals surface area contributed by atoms with Gasteiger partial charge in [0.25, 0.3) is 5.56 Å². The third-order valence-electron chi connectivity index (χ3n) is 6.26. The van der Waals surface area contributed by atoms with Crippen LogP contribution in [0.1, 0.15) is 39.5 Å². The largest absolute Gasteiger partial charge is 3.00 e. The van der Waals surface area contributed by atoms with Crippen molar-refractivity contribution in [1.82, 2.24) is 9.55 Å². The topological polar surface area (TPSA) is 93.2 Å². The molecule has 2 rings (SSSR count). The summed E-state index contributed by atoms with van der Waals surface area (Å²) in [5, 5.41) is 0.107. The van der Waals surface area contributed by atoms with Crippen LogP contribution in [0.25, 0.3) is 0 Å². The van der Waals surface area contributed by atoms with E-state index < -0.39 is 20.2 Å². The smallest absolute Gasteiger partial charge is 3.00 e. The van der Waals surface area contributed by atoms with Gasteiger partial charge in [0.2, 0.25) is 0 Å². The zero-order chi connectivity index (χ0) is 22.6. The minimum atomic E-state index is -1.99. The number of aromatic amines is 1. The normalized spacial score (nSPS) is 18.8. The Morgan fingerprint density at radius 3 is 2.47 bits per heavy atom. The number of nitrogens with zero attached hydrogens (tertiary/aromatic N) is 1. The van der Waals surface area contributed by atoms with Crippen molar-refractivity contribution in [1.29, 1.82) is 0 Å². The van der Waals surface area contributed by atoms with E-state index in [4.69, 9.17) is 13.8 Å². The molecule has 1 aliphatic rings. The van der Waals surface area contributed by atoms with Crippen molar-refractivity contribution in [2.24, 2.45) is 5.92 Å². The molecule has 0 aromatic carbocycles. The fourth-order valence-electron chi connectivity index (χ4n) is 2.98. The summed E-state index contributed by atoms with van der Waals surface area (Å²) >= 11 is 0. The molecule has 0 fully saturated rings. The molecule has 0 saturated heterocycles. The van der Waals surface area contributed by atoms with Crippen LogP contribution in [0.3, 0.4) is 0 Å². The van der Waals surface area contributed by atoms with E-state index in [0.29, 0.717) is 18.1 Å². The fraction of sp³-hybridized carbons (Fsp3) is 0.571. The Bertz CT molecular complexity index is 899. The van der Waals surface area contributed by atoms with Crippen molar-refractivity contribution < 1.29 is 30.9 Å². The molecule has 0 saturated carbocycles. The molecule has 165 valence electrons. The van der Waals surface area contributed by atoms with Crippen LogP contribution in [0.4, 0.5) is 0 Å². The van der Waals surface area contributed by atoms with Gasteiger partial charge in [-0.3, -0.25) is 14.3 Å². The van der Waals surface area contributed by atoms with Gasteiger partial charge in [-0.05, 0) is 42.6 Å². The summed E-state index contributed by atoms with van der Waals surface area (Å²) in [5.74, 6) is 0.508. The predicted molar refractivity (Wildman–Crippen MR) is 114 cm³/mol. The molecule has 2 heterocycles. The molecule has 0 amide bonds. The van der Waals surface area contributed by atoms with Gasteiger partial charge in [0.05, 0.1) is 6.61 Å². The predicted octanol–water partition coefficient (Wildman–Crippen LogP) is 3.47. The van der Waals surface area contributed by atoms with E-state index in [1.165, 1.54) is 10.8 Å². The molecule has 1 radical (unpaired) electrons. The maximum Gasteiger partial charge on any atom is 3.00 e. The van der Waals surface area contributed by atoms with Gasteiger partial charge in [-0.1, -0.05) is 40.3 Å².